The van der Waals surface area contributed by atoms with Crippen molar-refractivity contribution in [2.75, 3.05) is 31.5 Å². The molecule has 3 aliphatic rings. The van der Waals surface area contributed by atoms with Crippen molar-refractivity contribution in [1.29, 1.82) is 0 Å². The molecule has 6 heteroatoms. The second-order valence-corrected chi connectivity index (χ2v) is 9.64. The van der Waals surface area contributed by atoms with Crippen LogP contribution in [0.25, 0.3) is 0 Å². The van der Waals surface area contributed by atoms with E-state index in [1.54, 1.807) is 0 Å². The van der Waals surface area contributed by atoms with E-state index in [1.807, 2.05) is 66.4 Å². The molecule has 0 bridgehead atoms. The van der Waals surface area contributed by atoms with Crippen LogP contribution in [-0.2, 0) is 11.2 Å². The number of hydrogen-bond donors (Lipinski definition) is 0. The zero-order chi connectivity index (χ0) is 23.8. The molecule has 1 saturated heterocycles. The van der Waals surface area contributed by atoms with E-state index in [4.69, 9.17) is 14.5 Å². The summed E-state index contributed by atoms with van der Waals surface area (Å²) >= 11 is 0. The Kier molecular flexibility index (Phi) is 5.74. The summed E-state index contributed by atoms with van der Waals surface area (Å²) in [6, 6.07) is 22.2. The van der Waals surface area contributed by atoms with Gasteiger partial charge in [0.1, 0.15) is 5.71 Å². The Morgan fingerprint density at radius 2 is 1.71 bits per heavy atom. The van der Waals surface area contributed by atoms with Crippen LogP contribution in [0.1, 0.15) is 29.5 Å². The van der Waals surface area contributed by atoms with Crippen LogP contribution >= 0.6 is 0 Å². The maximum atomic E-state index is 13.5. The molecular formula is C29H29N3O3. The highest BCUT2D eigenvalue weighted by atomic mass is 16.7. The van der Waals surface area contributed by atoms with E-state index in [0.717, 1.165) is 60.8 Å². The van der Waals surface area contributed by atoms with Crippen LogP contribution in [0.15, 0.2) is 71.7 Å². The fourth-order valence-corrected chi connectivity index (χ4v) is 5.19. The second kappa shape index (κ2) is 9.19. The minimum Gasteiger partial charge on any atom is -0.454 e. The van der Waals surface area contributed by atoms with Gasteiger partial charge in [0.15, 0.2) is 11.5 Å². The number of fused-ring (bicyclic) bond motifs is 2. The van der Waals surface area contributed by atoms with E-state index in [-0.39, 0.29) is 5.91 Å². The molecule has 0 unspecified atom stereocenters. The number of benzene rings is 3. The maximum Gasteiger partial charge on any atom is 0.278 e. The van der Waals surface area contributed by atoms with Crippen molar-refractivity contribution in [1.82, 2.24) is 4.90 Å². The van der Waals surface area contributed by atoms with Crippen LogP contribution in [0.4, 0.5) is 11.4 Å². The zero-order valence-corrected chi connectivity index (χ0v) is 19.9. The molecule has 6 nitrogen and oxygen atoms in total. The summed E-state index contributed by atoms with van der Waals surface area (Å²) in [4.78, 5) is 22.5. The lowest BCUT2D eigenvalue weighted by atomic mass is 9.90. The summed E-state index contributed by atoms with van der Waals surface area (Å²) in [6.07, 6.45) is 3.27. The van der Waals surface area contributed by atoms with E-state index in [1.165, 1.54) is 11.1 Å². The lowest BCUT2D eigenvalue weighted by Crippen LogP contribution is -2.44. The van der Waals surface area contributed by atoms with Crippen molar-refractivity contribution in [2.24, 2.45) is 10.9 Å². The first-order valence-corrected chi connectivity index (χ1v) is 12.3. The Balaban J connectivity index is 1.12. The van der Waals surface area contributed by atoms with Crippen LogP contribution in [0.3, 0.4) is 0 Å². The molecule has 3 aromatic rings. The molecule has 0 aromatic heterocycles. The topological polar surface area (TPSA) is 54.4 Å². The number of aliphatic imine (C=N–C) groups is 1. The van der Waals surface area contributed by atoms with E-state index < -0.39 is 0 Å². The summed E-state index contributed by atoms with van der Waals surface area (Å²) in [5, 5.41) is 0. The average molecular weight is 468 g/mol. The number of amides is 1. The number of aryl methyl sites for hydroxylation is 1. The smallest absolute Gasteiger partial charge is 0.278 e. The van der Waals surface area contributed by atoms with Crippen LogP contribution < -0.4 is 14.4 Å². The number of likely N-dealkylation sites (tertiary alicyclic amines) is 1. The normalized spacial score (nSPS) is 18.9. The maximum absolute atomic E-state index is 13.5. The summed E-state index contributed by atoms with van der Waals surface area (Å²) in [6.45, 7) is 4.91. The quantitative estimate of drug-likeness (QED) is 0.524. The van der Waals surface area contributed by atoms with Gasteiger partial charge in [0.2, 0.25) is 6.79 Å². The highest BCUT2D eigenvalue weighted by molar-refractivity contribution is 6.54. The third-order valence-electron chi connectivity index (χ3n) is 7.18. The van der Waals surface area contributed by atoms with Crippen LogP contribution in [0, 0.1) is 12.8 Å². The number of anilines is 1. The fraction of sp³-hybridized carbons (Fsp3) is 0.310. The number of hydrogen-bond acceptors (Lipinski definition) is 5. The molecule has 6 rings (SSSR count). The van der Waals surface area contributed by atoms with Gasteiger partial charge < -0.3 is 9.47 Å². The molecular weight excluding hydrogens is 438 g/mol. The van der Waals surface area contributed by atoms with Crippen molar-refractivity contribution < 1.29 is 14.3 Å². The van der Waals surface area contributed by atoms with Gasteiger partial charge in [0, 0.05) is 18.7 Å². The number of carbonyl (C=O) groups is 1. The Hall–Kier alpha value is -3.64. The predicted octanol–water partition coefficient (Wildman–Crippen LogP) is 5.10. The number of para-hydroxylation sites is 1. The lowest BCUT2D eigenvalue weighted by Gasteiger charge is -2.34. The van der Waals surface area contributed by atoms with E-state index in [9.17, 15) is 4.79 Å². The van der Waals surface area contributed by atoms with Gasteiger partial charge in [0.25, 0.3) is 5.91 Å². The highest BCUT2D eigenvalue weighted by Gasteiger charge is 2.35. The Labute approximate surface area is 205 Å². The summed E-state index contributed by atoms with van der Waals surface area (Å²) in [5.74, 6) is 2.31. The highest BCUT2D eigenvalue weighted by Crippen LogP contribution is 2.35. The van der Waals surface area contributed by atoms with Crippen LogP contribution in [-0.4, -0.2) is 43.1 Å². The molecule has 3 aliphatic heterocycles. The first-order chi connectivity index (χ1) is 17.1. The van der Waals surface area contributed by atoms with Gasteiger partial charge in [-0.25, -0.2) is 4.99 Å². The molecule has 3 heterocycles. The molecule has 1 amide bonds. The molecule has 3 aromatic carbocycles. The second-order valence-electron chi connectivity index (χ2n) is 9.64. The van der Waals surface area contributed by atoms with Gasteiger partial charge in [-0.1, -0.05) is 42.0 Å². The van der Waals surface area contributed by atoms with Crippen molar-refractivity contribution in [2.45, 2.75) is 26.2 Å². The third kappa shape index (κ3) is 4.42. The first-order valence-electron chi connectivity index (χ1n) is 12.3. The minimum absolute atomic E-state index is 0.0192. The Bertz CT molecular complexity index is 1280. The molecule has 35 heavy (non-hydrogen) atoms. The largest absolute Gasteiger partial charge is 0.454 e. The van der Waals surface area contributed by atoms with Crippen molar-refractivity contribution in [3.8, 4) is 11.5 Å². The van der Waals surface area contributed by atoms with E-state index >= 15 is 0 Å². The minimum atomic E-state index is -0.0192. The average Bonchev–Trinajstić information content (AvgIpc) is 3.45. The number of carbonyl (C=O) groups excluding carboxylic acids is 1. The summed E-state index contributed by atoms with van der Waals surface area (Å²) in [7, 11) is 0. The first kappa shape index (κ1) is 21.9. The Morgan fingerprint density at radius 1 is 0.943 bits per heavy atom. The van der Waals surface area contributed by atoms with Gasteiger partial charge in [-0.2, -0.15) is 0 Å². The third-order valence-corrected chi connectivity index (χ3v) is 7.18. The summed E-state index contributed by atoms with van der Waals surface area (Å²) < 4.78 is 11.0. The zero-order valence-electron chi connectivity index (χ0n) is 19.9. The van der Waals surface area contributed by atoms with Gasteiger partial charge in [-0.15, -0.1) is 0 Å². The number of nitrogens with zero attached hydrogens (tertiary/aromatic N) is 3. The lowest BCUT2D eigenvalue weighted by molar-refractivity contribution is -0.112. The molecule has 0 saturated carbocycles. The van der Waals surface area contributed by atoms with Gasteiger partial charge in [0.05, 0.1) is 18.0 Å². The molecule has 178 valence electrons. The van der Waals surface area contributed by atoms with Crippen molar-refractivity contribution in [3.05, 3.63) is 83.4 Å². The van der Waals surface area contributed by atoms with Crippen molar-refractivity contribution in [3.63, 3.8) is 0 Å². The van der Waals surface area contributed by atoms with Crippen molar-refractivity contribution >= 4 is 23.0 Å². The number of ether oxygens (including phenoxy) is 2. The van der Waals surface area contributed by atoms with E-state index in [0.29, 0.717) is 25.1 Å². The predicted molar refractivity (Wildman–Crippen MR) is 137 cm³/mol. The van der Waals surface area contributed by atoms with Gasteiger partial charge in [-0.3, -0.25) is 14.6 Å². The van der Waals surface area contributed by atoms with Gasteiger partial charge >= 0.3 is 0 Å². The van der Waals surface area contributed by atoms with E-state index in [2.05, 4.69) is 17.0 Å². The number of rotatable bonds is 5. The molecule has 0 atom stereocenters. The number of piperidine rings is 1. The monoisotopic (exact) mass is 467 g/mol. The van der Waals surface area contributed by atoms with Crippen LogP contribution in [0.2, 0.25) is 0 Å². The SMILES string of the molecule is Cc1ccc(N=C2C(=O)N(CN3CCC(Cc4ccc5c(c4)OCO5)CC3)c3ccccc32)cc1. The molecule has 0 aliphatic carbocycles. The Morgan fingerprint density at radius 3 is 2.54 bits per heavy atom. The molecule has 0 spiro atoms. The standard InChI is InChI=1S/C29H29N3O3/c1-20-6-9-23(10-7-20)30-28-24-4-2-3-5-25(24)32(29(28)33)18-31-14-12-21(13-15-31)16-22-8-11-26-27(17-22)35-19-34-26/h2-11,17,21H,12-16,18-19H2,1H3. The molecule has 0 radical (unpaired) electrons. The van der Waals surface area contributed by atoms with Gasteiger partial charge in [-0.05, 0) is 68.0 Å². The molecule has 0 N–H and O–H groups in total. The van der Waals surface area contributed by atoms with Crippen LogP contribution in [0.5, 0.6) is 11.5 Å². The fourth-order valence-electron chi connectivity index (χ4n) is 5.19. The summed E-state index contributed by atoms with van der Waals surface area (Å²) in [5.41, 5.74) is 5.67. The molecule has 1 fully saturated rings.